The van der Waals surface area contributed by atoms with Gasteiger partial charge in [-0.2, -0.15) is 0 Å². The summed E-state index contributed by atoms with van der Waals surface area (Å²) in [6.07, 6.45) is 0. The van der Waals surface area contributed by atoms with Crippen molar-refractivity contribution < 1.29 is 14.5 Å². The number of nitrogens with zero attached hydrogens (tertiary/aromatic N) is 1. The second-order valence-corrected chi connectivity index (χ2v) is 3.56. The lowest BCUT2D eigenvalue weighted by atomic mass is 9.98. The molecule has 16 heavy (non-hydrogen) atoms. The first-order valence-corrected chi connectivity index (χ1v) is 4.80. The van der Waals surface area contributed by atoms with Gasteiger partial charge in [-0.05, 0) is 19.4 Å². The number of ether oxygens (including phenoxy) is 1. The van der Waals surface area contributed by atoms with Crippen LogP contribution in [-0.2, 0) is 9.53 Å². The second-order valence-electron chi connectivity index (χ2n) is 3.56. The second kappa shape index (κ2) is 4.74. The highest BCUT2D eigenvalue weighted by Crippen LogP contribution is 2.28. The minimum atomic E-state index is -0.633. The van der Waals surface area contributed by atoms with Crippen molar-refractivity contribution in [3.8, 4) is 0 Å². The fourth-order valence-electron chi connectivity index (χ4n) is 1.48. The van der Waals surface area contributed by atoms with Gasteiger partial charge in [0.05, 0.1) is 18.0 Å². The zero-order valence-electron chi connectivity index (χ0n) is 9.39. The van der Waals surface area contributed by atoms with E-state index in [0.717, 1.165) is 5.56 Å². The van der Waals surface area contributed by atoms with Crippen LogP contribution in [0.4, 0.5) is 5.69 Å². The van der Waals surface area contributed by atoms with E-state index in [9.17, 15) is 14.9 Å². The van der Waals surface area contributed by atoms with Gasteiger partial charge in [0, 0.05) is 11.6 Å². The van der Waals surface area contributed by atoms with Crippen LogP contribution in [0.3, 0.4) is 0 Å². The quantitative estimate of drug-likeness (QED) is 0.447. The van der Waals surface area contributed by atoms with Gasteiger partial charge in [0.2, 0.25) is 0 Å². The number of carbonyl (C=O) groups excluding carboxylic acids is 1. The average molecular weight is 223 g/mol. The van der Waals surface area contributed by atoms with Crippen LogP contribution in [0.2, 0.25) is 0 Å². The van der Waals surface area contributed by atoms with Crippen molar-refractivity contribution in [1.82, 2.24) is 0 Å². The highest BCUT2D eigenvalue weighted by atomic mass is 16.6. The third-order valence-electron chi connectivity index (χ3n) is 2.40. The Bertz CT molecular complexity index is 428. The van der Waals surface area contributed by atoms with E-state index >= 15 is 0 Å². The van der Waals surface area contributed by atoms with Gasteiger partial charge < -0.3 is 4.74 Å². The molecule has 0 radical (unpaired) electrons. The van der Waals surface area contributed by atoms with Crippen LogP contribution in [0, 0.1) is 17.0 Å². The SMILES string of the molecule is COC(=O)C(C)c1ccc(C)cc1[N+](=O)[O-]. The molecule has 0 aliphatic heterocycles. The van der Waals surface area contributed by atoms with Crippen molar-refractivity contribution in [1.29, 1.82) is 0 Å². The first kappa shape index (κ1) is 12.2. The molecule has 1 aromatic rings. The fourth-order valence-corrected chi connectivity index (χ4v) is 1.48. The maximum Gasteiger partial charge on any atom is 0.313 e. The molecule has 1 rings (SSSR count). The van der Waals surface area contributed by atoms with Gasteiger partial charge in [-0.15, -0.1) is 0 Å². The summed E-state index contributed by atoms with van der Waals surface area (Å²) in [6.45, 7) is 3.35. The zero-order valence-corrected chi connectivity index (χ0v) is 9.39. The highest BCUT2D eigenvalue weighted by Gasteiger charge is 2.24. The van der Waals surface area contributed by atoms with Crippen molar-refractivity contribution in [2.45, 2.75) is 19.8 Å². The van der Waals surface area contributed by atoms with Crippen LogP contribution in [-0.4, -0.2) is 18.0 Å². The molecule has 0 aliphatic carbocycles. The van der Waals surface area contributed by atoms with Crippen LogP contribution in [0.1, 0.15) is 24.0 Å². The lowest BCUT2D eigenvalue weighted by Gasteiger charge is -2.10. The molecule has 0 bridgehead atoms. The molecule has 1 aromatic carbocycles. The molecule has 0 saturated heterocycles. The number of carbonyl (C=O) groups is 1. The lowest BCUT2D eigenvalue weighted by molar-refractivity contribution is -0.385. The third-order valence-corrected chi connectivity index (χ3v) is 2.40. The molecule has 0 amide bonds. The maximum atomic E-state index is 11.3. The van der Waals surface area contributed by atoms with E-state index in [4.69, 9.17) is 0 Å². The minimum Gasteiger partial charge on any atom is -0.469 e. The summed E-state index contributed by atoms with van der Waals surface area (Å²) >= 11 is 0. The number of benzene rings is 1. The van der Waals surface area contributed by atoms with E-state index in [1.165, 1.54) is 13.2 Å². The summed E-state index contributed by atoms with van der Waals surface area (Å²) in [6, 6.07) is 4.78. The number of esters is 1. The summed E-state index contributed by atoms with van der Waals surface area (Å²) < 4.78 is 4.57. The van der Waals surface area contributed by atoms with E-state index in [1.54, 1.807) is 26.0 Å². The molecule has 5 nitrogen and oxygen atoms in total. The van der Waals surface area contributed by atoms with Crippen molar-refractivity contribution in [3.05, 3.63) is 39.4 Å². The summed E-state index contributed by atoms with van der Waals surface area (Å²) in [5.41, 5.74) is 1.12. The first-order chi connectivity index (χ1) is 7.47. The van der Waals surface area contributed by atoms with E-state index in [1.807, 2.05) is 0 Å². The van der Waals surface area contributed by atoms with Crippen LogP contribution < -0.4 is 0 Å². The Balaban J connectivity index is 3.22. The van der Waals surface area contributed by atoms with Crippen molar-refractivity contribution in [2.75, 3.05) is 7.11 Å². The van der Waals surface area contributed by atoms with E-state index in [0.29, 0.717) is 5.56 Å². The molecule has 5 heteroatoms. The van der Waals surface area contributed by atoms with Crippen molar-refractivity contribution >= 4 is 11.7 Å². The number of nitro benzene ring substituents is 1. The molecule has 0 spiro atoms. The number of rotatable bonds is 3. The Morgan fingerprint density at radius 1 is 1.50 bits per heavy atom. The Hall–Kier alpha value is -1.91. The van der Waals surface area contributed by atoms with Gasteiger partial charge in [0.25, 0.3) is 5.69 Å². The number of aryl methyl sites for hydroxylation is 1. The van der Waals surface area contributed by atoms with E-state index in [2.05, 4.69) is 4.74 Å². The molecule has 0 aliphatic rings. The highest BCUT2D eigenvalue weighted by molar-refractivity contribution is 5.79. The minimum absolute atomic E-state index is 0.0436. The molecule has 0 N–H and O–H groups in total. The van der Waals surface area contributed by atoms with Crippen LogP contribution in [0.15, 0.2) is 18.2 Å². The van der Waals surface area contributed by atoms with Gasteiger partial charge in [-0.25, -0.2) is 0 Å². The van der Waals surface area contributed by atoms with Gasteiger partial charge in [0.1, 0.15) is 0 Å². The predicted octanol–water partition coefficient (Wildman–Crippen LogP) is 2.18. The standard InChI is InChI=1S/C11H13NO4/c1-7-4-5-9(8(2)11(13)16-3)10(6-7)12(14)15/h4-6,8H,1-3H3. The number of hydrogen-bond acceptors (Lipinski definition) is 4. The zero-order chi connectivity index (χ0) is 12.3. The van der Waals surface area contributed by atoms with Crippen LogP contribution >= 0.6 is 0 Å². The smallest absolute Gasteiger partial charge is 0.313 e. The lowest BCUT2D eigenvalue weighted by Crippen LogP contribution is -2.12. The monoisotopic (exact) mass is 223 g/mol. The Kier molecular flexibility index (Phi) is 3.60. The van der Waals surface area contributed by atoms with Gasteiger partial charge >= 0.3 is 5.97 Å². The molecule has 0 fully saturated rings. The van der Waals surface area contributed by atoms with E-state index < -0.39 is 16.8 Å². The molecular weight excluding hydrogens is 210 g/mol. The van der Waals surface area contributed by atoms with Crippen LogP contribution in [0.25, 0.3) is 0 Å². The molecular formula is C11H13NO4. The number of nitro groups is 1. The Morgan fingerprint density at radius 3 is 2.62 bits per heavy atom. The van der Waals surface area contributed by atoms with Crippen molar-refractivity contribution in [3.63, 3.8) is 0 Å². The van der Waals surface area contributed by atoms with E-state index in [-0.39, 0.29) is 5.69 Å². The first-order valence-electron chi connectivity index (χ1n) is 4.80. The molecule has 1 atom stereocenters. The molecule has 86 valence electrons. The average Bonchev–Trinajstić information content (AvgIpc) is 2.26. The van der Waals surface area contributed by atoms with Crippen LogP contribution in [0.5, 0.6) is 0 Å². The largest absolute Gasteiger partial charge is 0.469 e. The fraction of sp³-hybridized carbons (Fsp3) is 0.364. The Labute approximate surface area is 93.2 Å². The summed E-state index contributed by atoms with van der Waals surface area (Å²) in [5.74, 6) is -1.11. The van der Waals surface area contributed by atoms with Gasteiger partial charge in [0.15, 0.2) is 0 Å². The Morgan fingerprint density at radius 2 is 2.12 bits per heavy atom. The molecule has 0 aromatic heterocycles. The third kappa shape index (κ3) is 2.36. The molecule has 0 saturated carbocycles. The summed E-state index contributed by atoms with van der Waals surface area (Å²) in [5, 5.41) is 10.8. The van der Waals surface area contributed by atoms with Gasteiger partial charge in [-0.1, -0.05) is 12.1 Å². The summed E-state index contributed by atoms with van der Waals surface area (Å²) in [7, 11) is 1.26. The normalized spacial score (nSPS) is 11.9. The predicted molar refractivity (Wildman–Crippen MR) is 58.3 cm³/mol. The molecule has 1 unspecified atom stereocenters. The van der Waals surface area contributed by atoms with Gasteiger partial charge in [-0.3, -0.25) is 14.9 Å². The topological polar surface area (TPSA) is 69.4 Å². The summed E-state index contributed by atoms with van der Waals surface area (Å²) in [4.78, 5) is 21.7. The maximum absolute atomic E-state index is 11.3. The number of methoxy groups -OCH3 is 1. The number of hydrogen-bond donors (Lipinski definition) is 0. The van der Waals surface area contributed by atoms with Crippen molar-refractivity contribution in [2.24, 2.45) is 0 Å². The molecule has 0 heterocycles.